The van der Waals surface area contributed by atoms with Crippen molar-refractivity contribution in [2.45, 2.75) is 57.8 Å². The van der Waals surface area contributed by atoms with Gasteiger partial charge >= 0.3 is 0 Å². The molecule has 0 radical (unpaired) electrons. The number of benzene rings is 1. The summed E-state index contributed by atoms with van der Waals surface area (Å²) in [7, 11) is 2.20. The summed E-state index contributed by atoms with van der Waals surface area (Å²) in [6.45, 7) is 6.61. The Morgan fingerprint density at radius 2 is 2.05 bits per heavy atom. The average Bonchev–Trinajstić information content (AvgIpc) is 2.51. The summed E-state index contributed by atoms with van der Waals surface area (Å²) in [5, 5.41) is 0. The molecule has 1 aliphatic carbocycles. The number of hydrogen-bond donors (Lipinski definition) is 0. The minimum absolute atomic E-state index is 0.0825. The highest BCUT2D eigenvalue weighted by Crippen LogP contribution is 2.55. The molecule has 2 atom stereocenters. The Kier molecular flexibility index (Phi) is 4.15. The van der Waals surface area contributed by atoms with Crippen molar-refractivity contribution in [2.75, 3.05) is 20.1 Å². The molecule has 2 aliphatic rings. The van der Waals surface area contributed by atoms with Crippen LogP contribution < -0.4 is 0 Å². The average molecular weight is 299 g/mol. The normalized spacial score (nSPS) is 31.4. The Balaban J connectivity index is 2.11. The number of rotatable bonds is 4. The largest absolute Gasteiger partial charge is 0.306 e. The standard InChI is InChI=1S/C20H29NO/c1-4-5-10-18(22)20-13-14-21(3)15-19(20,2)12-11-16-8-6-7-9-17(16)20/h6-9H,4-5,10-15H2,1-3H3/t19-,20-/m1/s1. The van der Waals surface area contributed by atoms with Gasteiger partial charge in [-0.05, 0) is 55.8 Å². The van der Waals surface area contributed by atoms with E-state index in [1.807, 2.05) is 0 Å². The van der Waals surface area contributed by atoms with Crippen molar-refractivity contribution in [1.29, 1.82) is 0 Å². The summed E-state index contributed by atoms with van der Waals surface area (Å²) in [5.74, 6) is 0.497. The van der Waals surface area contributed by atoms with Gasteiger partial charge in [0.15, 0.2) is 0 Å². The van der Waals surface area contributed by atoms with Crippen LogP contribution in [0.5, 0.6) is 0 Å². The molecule has 0 aromatic heterocycles. The van der Waals surface area contributed by atoms with Gasteiger partial charge in [0.1, 0.15) is 5.78 Å². The van der Waals surface area contributed by atoms with E-state index in [9.17, 15) is 4.79 Å². The highest BCUT2D eigenvalue weighted by Gasteiger charge is 2.58. The van der Waals surface area contributed by atoms with Crippen LogP contribution in [0.1, 0.15) is 57.1 Å². The molecule has 0 N–H and O–H groups in total. The number of carbonyl (C=O) groups excluding carboxylic acids is 1. The van der Waals surface area contributed by atoms with Crippen molar-refractivity contribution in [3.8, 4) is 0 Å². The number of ketones is 1. The molecule has 120 valence electrons. The van der Waals surface area contributed by atoms with Gasteiger partial charge in [0.2, 0.25) is 0 Å². The van der Waals surface area contributed by atoms with Crippen molar-refractivity contribution >= 4 is 5.78 Å². The van der Waals surface area contributed by atoms with E-state index in [4.69, 9.17) is 0 Å². The lowest BCUT2D eigenvalue weighted by Crippen LogP contribution is -2.61. The molecule has 3 rings (SSSR count). The van der Waals surface area contributed by atoms with E-state index < -0.39 is 0 Å². The van der Waals surface area contributed by atoms with Gasteiger partial charge in [0, 0.05) is 13.0 Å². The fourth-order valence-corrected chi connectivity index (χ4v) is 4.96. The van der Waals surface area contributed by atoms with Crippen LogP contribution in [0.4, 0.5) is 0 Å². The zero-order valence-electron chi connectivity index (χ0n) is 14.3. The Morgan fingerprint density at radius 1 is 1.27 bits per heavy atom. The second-order valence-corrected chi connectivity index (χ2v) is 7.64. The third-order valence-electron chi connectivity index (χ3n) is 6.17. The summed E-state index contributed by atoms with van der Waals surface area (Å²) in [6, 6.07) is 8.72. The number of unbranched alkanes of at least 4 members (excludes halogenated alkanes) is 1. The smallest absolute Gasteiger partial charge is 0.144 e. The van der Waals surface area contributed by atoms with Crippen LogP contribution in [0.15, 0.2) is 24.3 Å². The predicted octanol–water partition coefficient (Wildman–Crippen LogP) is 3.97. The van der Waals surface area contributed by atoms with Gasteiger partial charge in [-0.1, -0.05) is 44.5 Å². The first-order valence-electron chi connectivity index (χ1n) is 8.84. The molecule has 22 heavy (non-hydrogen) atoms. The maximum absolute atomic E-state index is 13.4. The zero-order valence-corrected chi connectivity index (χ0v) is 14.3. The van der Waals surface area contributed by atoms with Gasteiger partial charge < -0.3 is 4.90 Å². The maximum Gasteiger partial charge on any atom is 0.144 e. The van der Waals surface area contributed by atoms with E-state index in [1.165, 1.54) is 11.1 Å². The fourth-order valence-electron chi connectivity index (χ4n) is 4.96. The Bertz CT molecular complexity index is 567. The van der Waals surface area contributed by atoms with E-state index in [1.54, 1.807) is 0 Å². The molecule has 1 aliphatic heterocycles. The minimum atomic E-state index is -0.247. The number of carbonyl (C=O) groups is 1. The van der Waals surface area contributed by atoms with E-state index in [-0.39, 0.29) is 10.8 Å². The van der Waals surface area contributed by atoms with Gasteiger partial charge in [-0.2, -0.15) is 0 Å². The van der Waals surface area contributed by atoms with Crippen LogP contribution >= 0.6 is 0 Å². The topological polar surface area (TPSA) is 20.3 Å². The SMILES string of the molecule is CCCCC(=O)[C@]12CCN(C)C[C@@]1(C)CCc1ccccc12. The first-order chi connectivity index (χ1) is 10.5. The minimum Gasteiger partial charge on any atom is -0.306 e. The molecular formula is C20H29NO. The molecule has 1 aromatic rings. The van der Waals surface area contributed by atoms with Gasteiger partial charge in [-0.15, -0.1) is 0 Å². The van der Waals surface area contributed by atoms with Gasteiger partial charge in [-0.25, -0.2) is 0 Å². The van der Waals surface area contributed by atoms with Gasteiger partial charge in [-0.3, -0.25) is 4.79 Å². The van der Waals surface area contributed by atoms with E-state index in [0.717, 1.165) is 51.6 Å². The van der Waals surface area contributed by atoms with Crippen molar-refractivity contribution in [3.63, 3.8) is 0 Å². The molecule has 1 heterocycles. The highest BCUT2D eigenvalue weighted by atomic mass is 16.1. The van der Waals surface area contributed by atoms with E-state index >= 15 is 0 Å². The van der Waals surface area contributed by atoms with Crippen LogP contribution in [0.25, 0.3) is 0 Å². The molecule has 0 amide bonds. The molecule has 2 heteroatoms. The second kappa shape index (κ2) is 5.81. The van der Waals surface area contributed by atoms with Crippen LogP contribution in [-0.2, 0) is 16.6 Å². The number of Topliss-reactive ketones (excluding diaryl/α,β-unsaturated/α-hetero) is 1. The number of aryl methyl sites for hydroxylation is 1. The lowest BCUT2D eigenvalue weighted by molar-refractivity contribution is -0.135. The van der Waals surface area contributed by atoms with Crippen molar-refractivity contribution in [1.82, 2.24) is 4.90 Å². The predicted molar refractivity (Wildman–Crippen MR) is 91.2 cm³/mol. The van der Waals surface area contributed by atoms with Crippen LogP contribution in [0.3, 0.4) is 0 Å². The number of piperidine rings is 1. The molecular weight excluding hydrogens is 270 g/mol. The monoisotopic (exact) mass is 299 g/mol. The quantitative estimate of drug-likeness (QED) is 0.838. The lowest BCUT2D eigenvalue weighted by atomic mass is 9.49. The summed E-state index contributed by atoms with van der Waals surface area (Å²) < 4.78 is 0. The maximum atomic E-state index is 13.4. The number of fused-ring (bicyclic) bond motifs is 3. The van der Waals surface area contributed by atoms with Crippen LogP contribution in [-0.4, -0.2) is 30.8 Å². The van der Waals surface area contributed by atoms with Crippen LogP contribution in [0, 0.1) is 5.41 Å². The number of nitrogens with zero attached hydrogens (tertiary/aromatic N) is 1. The summed E-state index contributed by atoms with van der Waals surface area (Å²) in [6.07, 6.45) is 6.09. The molecule has 0 unspecified atom stereocenters. The number of likely N-dealkylation sites (tertiary alicyclic amines) is 1. The molecule has 1 aromatic carbocycles. The zero-order chi connectivity index (χ0) is 15.8. The Hall–Kier alpha value is -1.15. The molecule has 0 spiro atoms. The fraction of sp³-hybridized carbons (Fsp3) is 0.650. The highest BCUT2D eigenvalue weighted by molar-refractivity contribution is 5.92. The summed E-state index contributed by atoms with van der Waals surface area (Å²) >= 11 is 0. The third-order valence-corrected chi connectivity index (χ3v) is 6.17. The van der Waals surface area contributed by atoms with E-state index in [0.29, 0.717) is 5.78 Å². The first kappa shape index (κ1) is 15.7. The third kappa shape index (κ3) is 2.23. The molecule has 1 fully saturated rings. The first-order valence-corrected chi connectivity index (χ1v) is 8.84. The Labute approximate surface area is 134 Å². The van der Waals surface area contributed by atoms with Crippen molar-refractivity contribution in [2.24, 2.45) is 5.41 Å². The summed E-state index contributed by atoms with van der Waals surface area (Å²) in [5.41, 5.74) is 2.59. The molecule has 0 saturated carbocycles. The summed E-state index contributed by atoms with van der Waals surface area (Å²) in [4.78, 5) is 15.8. The Morgan fingerprint density at radius 3 is 2.82 bits per heavy atom. The lowest BCUT2D eigenvalue weighted by Gasteiger charge is -2.57. The van der Waals surface area contributed by atoms with E-state index in [2.05, 4.69) is 50.1 Å². The van der Waals surface area contributed by atoms with Gasteiger partial charge in [0.25, 0.3) is 0 Å². The second-order valence-electron chi connectivity index (χ2n) is 7.64. The van der Waals surface area contributed by atoms with Crippen molar-refractivity contribution < 1.29 is 4.79 Å². The molecule has 2 nitrogen and oxygen atoms in total. The van der Waals surface area contributed by atoms with Crippen LogP contribution in [0.2, 0.25) is 0 Å². The van der Waals surface area contributed by atoms with Gasteiger partial charge in [0.05, 0.1) is 5.41 Å². The number of hydrogen-bond acceptors (Lipinski definition) is 2. The molecule has 1 saturated heterocycles. The van der Waals surface area contributed by atoms with Crippen molar-refractivity contribution in [3.05, 3.63) is 35.4 Å². The molecule has 0 bridgehead atoms.